The molecule has 0 spiro atoms. The van der Waals surface area contributed by atoms with Gasteiger partial charge in [-0.1, -0.05) is 11.2 Å². The van der Waals surface area contributed by atoms with Gasteiger partial charge in [-0.3, -0.25) is 0 Å². The van der Waals surface area contributed by atoms with Crippen molar-refractivity contribution in [1.29, 1.82) is 0 Å². The molecule has 8 heteroatoms. The molecule has 0 aromatic carbocycles. The molecular weight excluding hydrogens is 206 g/mol. The molecule has 0 unspecified atom stereocenters. The molecular formula is C4H8ClN2O4P. The van der Waals surface area contributed by atoms with Crippen LogP contribution in [0.2, 0.25) is 0 Å². The van der Waals surface area contributed by atoms with E-state index in [-0.39, 0.29) is 0 Å². The molecule has 2 rings (SSSR count). The van der Waals surface area contributed by atoms with Crippen molar-refractivity contribution in [1.82, 2.24) is 9.67 Å². The maximum Gasteiger partial charge on any atom is 0.194 e. The lowest BCUT2D eigenvalue weighted by Crippen LogP contribution is -2.20. The second-order valence-corrected chi connectivity index (χ2v) is 4.47. The molecule has 0 aromatic heterocycles. The quantitative estimate of drug-likeness (QED) is 0.501. The Morgan fingerprint density at radius 1 is 1.00 bits per heavy atom. The van der Waals surface area contributed by atoms with E-state index in [1.54, 1.807) is 0 Å². The van der Waals surface area contributed by atoms with E-state index in [0.29, 0.717) is 26.3 Å². The van der Waals surface area contributed by atoms with Crippen molar-refractivity contribution >= 4 is 18.8 Å². The van der Waals surface area contributed by atoms with Crippen molar-refractivity contribution in [3.63, 3.8) is 0 Å². The van der Waals surface area contributed by atoms with Gasteiger partial charge >= 0.3 is 0 Å². The van der Waals surface area contributed by atoms with Crippen LogP contribution in [0.1, 0.15) is 0 Å². The summed E-state index contributed by atoms with van der Waals surface area (Å²) in [7, 11) is -1.14. The van der Waals surface area contributed by atoms with Crippen molar-refractivity contribution in [3.8, 4) is 0 Å². The summed E-state index contributed by atoms with van der Waals surface area (Å²) in [6.07, 6.45) is 0. The van der Waals surface area contributed by atoms with Crippen molar-refractivity contribution in [2.24, 2.45) is 0 Å². The zero-order valence-corrected chi connectivity index (χ0v) is 7.83. The maximum absolute atomic E-state index is 6.00. The summed E-state index contributed by atoms with van der Waals surface area (Å²) in [5, 5.41) is 0. The van der Waals surface area contributed by atoms with Crippen LogP contribution in [0, 0.1) is 0 Å². The highest BCUT2D eigenvalue weighted by Gasteiger charge is 2.32. The summed E-state index contributed by atoms with van der Waals surface area (Å²) < 4.78 is 0. The number of nitrogens with zero attached hydrogens (tertiary/aromatic N) is 2. The van der Waals surface area contributed by atoms with Gasteiger partial charge in [-0.05, 0) is 0 Å². The number of hydrogen-bond donors (Lipinski definition) is 0. The van der Waals surface area contributed by atoms with Gasteiger partial charge in [-0.2, -0.15) is 0 Å². The standard InChI is InChI=1S/C4H8ClN2O4P/c5-12(6-1-3-8-10-6)7-2-4-9-11-7/h1-4H2. The molecule has 2 fully saturated rings. The molecule has 2 saturated heterocycles. The van der Waals surface area contributed by atoms with E-state index < -0.39 is 7.58 Å². The van der Waals surface area contributed by atoms with Gasteiger partial charge in [0, 0.05) is 0 Å². The topological polar surface area (TPSA) is 43.4 Å². The Bertz CT molecular complexity index is 136. The molecule has 12 heavy (non-hydrogen) atoms. The van der Waals surface area contributed by atoms with Crippen LogP contribution >= 0.6 is 18.8 Å². The van der Waals surface area contributed by atoms with Crippen LogP contribution < -0.4 is 0 Å². The largest absolute Gasteiger partial charge is 0.216 e. The Labute approximate surface area is 75.3 Å². The van der Waals surface area contributed by atoms with Crippen LogP contribution in [0.5, 0.6) is 0 Å². The molecule has 0 N–H and O–H groups in total. The normalized spacial score (nSPS) is 27.5. The van der Waals surface area contributed by atoms with Crippen LogP contribution in [0.25, 0.3) is 0 Å². The van der Waals surface area contributed by atoms with E-state index in [0.717, 1.165) is 0 Å². The minimum Gasteiger partial charge on any atom is -0.216 e. The van der Waals surface area contributed by atoms with Gasteiger partial charge < -0.3 is 0 Å². The smallest absolute Gasteiger partial charge is 0.194 e. The second-order valence-electron chi connectivity index (χ2n) is 2.19. The lowest BCUT2D eigenvalue weighted by atomic mass is 10.8. The van der Waals surface area contributed by atoms with Gasteiger partial charge in [-0.25, -0.2) is 9.78 Å². The molecule has 0 aromatic rings. The van der Waals surface area contributed by atoms with E-state index in [1.165, 1.54) is 9.67 Å². The first kappa shape index (κ1) is 9.05. The third kappa shape index (κ3) is 1.86. The highest BCUT2D eigenvalue weighted by Crippen LogP contribution is 2.51. The molecule has 0 amide bonds. The second kappa shape index (κ2) is 4.13. The van der Waals surface area contributed by atoms with Crippen molar-refractivity contribution in [3.05, 3.63) is 0 Å². The summed E-state index contributed by atoms with van der Waals surface area (Å²) >= 11 is 6.00. The molecule has 0 saturated carbocycles. The molecule has 70 valence electrons. The van der Waals surface area contributed by atoms with Crippen molar-refractivity contribution in [2.75, 3.05) is 26.3 Å². The fraction of sp³-hybridized carbons (Fsp3) is 1.00. The highest BCUT2D eigenvalue weighted by atomic mass is 35.7. The van der Waals surface area contributed by atoms with Crippen LogP contribution in [0.4, 0.5) is 0 Å². The van der Waals surface area contributed by atoms with Crippen LogP contribution in [-0.2, 0) is 19.8 Å². The molecule has 6 nitrogen and oxygen atoms in total. The monoisotopic (exact) mass is 214 g/mol. The van der Waals surface area contributed by atoms with Crippen LogP contribution in [0.3, 0.4) is 0 Å². The Morgan fingerprint density at radius 3 is 1.83 bits per heavy atom. The molecule has 0 atom stereocenters. The summed E-state index contributed by atoms with van der Waals surface area (Å²) in [6.45, 7) is 2.35. The van der Waals surface area contributed by atoms with Gasteiger partial charge in [0.25, 0.3) is 0 Å². The van der Waals surface area contributed by atoms with Gasteiger partial charge in [-0.15, -0.1) is 19.6 Å². The van der Waals surface area contributed by atoms with E-state index in [4.69, 9.17) is 21.2 Å². The molecule has 2 aliphatic rings. The lowest BCUT2D eigenvalue weighted by Gasteiger charge is -2.21. The van der Waals surface area contributed by atoms with E-state index >= 15 is 0 Å². The third-order valence-electron chi connectivity index (χ3n) is 1.38. The number of halogens is 1. The van der Waals surface area contributed by atoms with Crippen LogP contribution in [-0.4, -0.2) is 36.0 Å². The average molecular weight is 215 g/mol. The highest BCUT2D eigenvalue weighted by molar-refractivity contribution is 7.79. The SMILES string of the molecule is ClP(N1CCOO1)N1CCOO1. The first-order valence-electron chi connectivity index (χ1n) is 3.48. The van der Waals surface area contributed by atoms with Gasteiger partial charge in [0.15, 0.2) is 7.58 Å². The first-order chi connectivity index (χ1) is 5.88. The van der Waals surface area contributed by atoms with Gasteiger partial charge in [0.1, 0.15) is 0 Å². The summed E-state index contributed by atoms with van der Waals surface area (Å²) in [5.74, 6) is 0. The lowest BCUT2D eigenvalue weighted by molar-refractivity contribution is -0.355. The van der Waals surface area contributed by atoms with Crippen molar-refractivity contribution in [2.45, 2.75) is 0 Å². The number of hydrogen-bond acceptors (Lipinski definition) is 6. The number of rotatable bonds is 2. The minimum absolute atomic E-state index is 0.528. The zero-order valence-electron chi connectivity index (χ0n) is 6.18. The van der Waals surface area contributed by atoms with Crippen molar-refractivity contribution < 1.29 is 19.8 Å². The third-order valence-corrected chi connectivity index (χ3v) is 3.66. The number of hydroxylamine groups is 2. The molecule has 2 heterocycles. The fourth-order valence-electron chi connectivity index (χ4n) is 0.833. The van der Waals surface area contributed by atoms with Crippen LogP contribution in [0.15, 0.2) is 0 Å². The van der Waals surface area contributed by atoms with E-state index in [9.17, 15) is 0 Å². The Morgan fingerprint density at radius 2 is 1.50 bits per heavy atom. The predicted molar refractivity (Wildman–Crippen MR) is 40.3 cm³/mol. The summed E-state index contributed by atoms with van der Waals surface area (Å²) in [6, 6.07) is 0. The van der Waals surface area contributed by atoms with E-state index in [2.05, 4.69) is 9.78 Å². The van der Waals surface area contributed by atoms with Gasteiger partial charge in [0.05, 0.1) is 26.3 Å². The Balaban J connectivity index is 1.84. The predicted octanol–water partition coefficient (Wildman–Crippen LogP) is 0.810. The van der Waals surface area contributed by atoms with E-state index in [1.807, 2.05) is 0 Å². The molecule has 2 aliphatic heterocycles. The first-order valence-corrected chi connectivity index (χ1v) is 5.63. The molecule has 0 aliphatic carbocycles. The van der Waals surface area contributed by atoms with Gasteiger partial charge in [0.2, 0.25) is 0 Å². The molecule has 0 radical (unpaired) electrons. The minimum atomic E-state index is -1.14. The zero-order chi connectivity index (χ0) is 8.39. The average Bonchev–Trinajstić information content (AvgIpc) is 2.77. The maximum atomic E-state index is 6.00. The Kier molecular flexibility index (Phi) is 3.11. The summed E-state index contributed by atoms with van der Waals surface area (Å²) in [5.41, 5.74) is 0. The Hall–Kier alpha value is 0.480. The molecule has 0 bridgehead atoms. The summed E-state index contributed by atoms with van der Waals surface area (Å²) in [4.78, 5) is 22.0. The fourth-order valence-corrected chi connectivity index (χ4v) is 2.36.